The van der Waals surface area contributed by atoms with E-state index in [1.165, 1.54) is 0 Å². The molecule has 0 aliphatic rings. The number of nitrogens with zero attached hydrogens (tertiary/aromatic N) is 1. The van der Waals surface area contributed by atoms with Crippen molar-refractivity contribution in [2.45, 2.75) is 26.4 Å². The normalized spacial score (nSPS) is 12.0. The Labute approximate surface area is 160 Å². The minimum atomic E-state index is -0.573. The lowest BCUT2D eigenvalue weighted by Crippen LogP contribution is -2.48. The van der Waals surface area contributed by atoms with E-state index in [0.717, 1.165) is 5.56 Å². The summed E-state index contributed by atoms with van der Waals surface area (Å²) >= 11 is 0. The van der Waals surface area contributed by atoms with Crippen LogP contribution >= 0.6 is 0 Å². The Balaban J connectivity index is 2.00. The molecule has 27 heavy (non-hydrogen) atoms. The molecule has 3 N–H and O–H groups in total. The average Bonchev–Trinajstić information content (AvgIpc) is 2.63. The van der Waals surface area contributed by atoms with Crippen LogP contribution in [-0.4, -0.2) is 41.1 Å². The molecule has 0 heterocycles. The molecule has 0 saturated heterocycles. The Morgan fingerprint density at radius 1 is 1.00 bits per heavy atom. The van der Waals surface area contributed by atoms with Crippen LogP contribution in [0.1, 0.15) is 19.4 Å². The van der Waals surface area contributed by atoms with E-state index in [1.54, 1.807) is 24.3 Å². The van der Waals surface area contributed by atoms with Gasteiger partial charge < -0.3 is 10.4 Å². The highest BCUT2D eigenvalue weighted by atomic mass is 16.3. The fourth-order valence-corrected chi connectivity index (χ4v) is 2.89. The number of hydrogen-bond acceptors (Lipinski definition) is 4. The number of nitrogens with one attached hydrogen (secondary N) is 2. The highest BCUT2D eigenvalue weighted by molar-refractivity contribution is 6.01. The van der Waals surface area contributed by atoms with Crippen LogP contribution in [-0.2, 0) is 11.3 Å². The molecule has 0 fully saturated rings. The molecule has 0 aromatic heterocycles. The van der Waals surface area contributed by atoms with Crippen LogP contribution in [0.25, 0.3) is 0 Å². The van der Waals surface area contributed by atoms with Gasteiger partial charge in [0.25, 0.3) is 0 Å². The van der Waals surface area contributed by atoms with Gasteiger partial charge in [-0.1, -0.05) is 62.4 Å². The lowest BCUT2D eigenvalue weighted by molar-refractivity contribution is -0.122. The van der Waals surface area contributed by atoms with Gasteiger partial charge in [-0.05, 0) is 23.6 Å². The molecule has 1 atom stereocenters. The molecule has 3 amide bonds. The summed E-state index contributed by atoms with van der Waals surface area (Å²) in [5.74, 6) is -0.261. The Bertz CT molecular complexity index is 720. The fraction of sp³-hybridized carbons (Fsp3) is 0.333. The predicted molar refractivity (Wildman–Crippen MR) is 106 cm³/mol. The summed E-state index contributed by atoms with van der Waals surface area (Å²) in [5, 5.41) is 14.8. The van der Waals surface area contributed by atoms with Crippen molar-refractivity contribution in [2.75, 3.05) is 18.5 Å². The minimum absolute atomic E-state index is 0.0144. The van der Waals surface area contributed by atoms with Crippen molar-refractivity contribution < 1.29 is 14.7 Å². The Morgan fingerprint density at radius 2 is 1.59 bits per heavy atom. The summed E-state index contributed by atoms with van der Waals surface area (Å²) in [4.78, 5) is 26.3. The highest BCUT2D eigenvalue weighted by Gasteiger charge is 2.24. The first kappa shape index (κ1) is 20.6. The second kappa shape index (κ2) is 10.4. The molecule has 2 aromatic rings. The zero-order chi connectivity index (χ0) is 19.6. The van der Waals surface area contributed by atoms with Crippen molar-refractivity contribution in [3.8, 4) is 0 Å². The van der Waals surface area contributed by atoms with Gasteiger partial charge >= 0.3 is 6.03 Å². The maximum Gasteiger partial charge on any atom is 0.325 e. The molecule has 0 saturated carbocycles. The van der Waals surface area contributed by atoms with Crippen LogP contribution in [0.3, 0.4) is 0 Å². The van der Waals surface area contributed by atoms with E-state index in [1.807, 2.05) is 55.1 Å². The van der Waals surface area contributed by atoms with Crippen LogP contribution in [0.5, 0.6) is 0 Å². The fourth-order valence-electron chi connectivity index (χ4n) is 2.89. The van der Waals surface area contributed by atoms with Crippen LogP contribution in [0.2, 0.25) is 0 Å². The first-order valence-electron chi connectivity index (χ1n) is 9.04. The number of anilines is 1. The van der Waals surface area contributed by atoms with Gasteiger partial charge in [0, 0.05) is 18.3 Å². The van der Waals surface area contributed by atoms with E-state index in [0.29, 0.717) is 12.2 Å². The summed E-state index contributed by atoms with van der Waals surface area (Å²) < 4.78 is 0. The molecule has 2 aromatic carbocycles. The number of hydrogen-bond donors (Lipinski definition) is 3. The van der Waals surface area contributed by atoms with Gasteiger partial charge in [0.1, 0.15) is 0 Å². The molecule has 1 unspecified atom stereocenters. The van der Waals surface area contributed by atoms with Gasteiger partial charge in [0.05, 0.1) is 13.2 Å². The zero-order valence-corrected chi connectivity index (χ0v) is 15.8. The number of imide groups is 1. The lowest BCUT2D eigenvalue weighted by Gasteiger charge is -2.32. The zero-order valence-electron chi connectivity index (χ0n) is 15.8. The van der Waals surface area contributed by atoms with Crippen LogP contribution < -0.4 is 10.6 Å². The van der Waals surface area contributed by atoms with Gasteiger partial charge in [-0.2, -0.15) is 0 Å². The number of aliphatic hydroxyl groups excluding tert-OH is 1. The Kier molecular flexibility index (Phi) is 7.98. The SMILES string of the molecule is CC(C)C(CO)N(CC(=O)NC(=O)Nc1ccccc1)Cc1ccccc1. The number of urea groups is 1. The van der Waals surface area contributed by atoms with E-state index in [4.69, 9.17) is 0 Å². The van der Waals surface area contributed by atoms with Crippen molar-refractivity contribution in [3.05, 3.63) is 66.2 Å². The second-order valence-electron chi connectivity index (χ2n) is 6.75. The summed E-state index contributed by atoms with van der Waals surface area (Å²) in [6, 6.07) is 17.9. The molecule has 144 valence electrons. The number of carbonyl (C=O) groups is 2. The molecule has 6 nitrogen and oxygen atoms in total. The summed E-state index contributed by atoms with van der Waals surface area (Å²) in [6.07, 6.45) is 0. The van der Waals surface area contributed by atoms with Gasteiger partial charge in [-0.15, -0.1) is 0 Å². The second-order valence-corrected chi connectivity index (χ2v) is 6.75. The number of benzene rings is 2. The van der Waals surface area contributed by atoms with Crippen molar-refractivity contribution >= 4 is 17.6 Å². The standard InChI is InChI=1S/C21H27N3O3/c1-16(2)19(15-25)24(13-17-9-5-3-6-10-17)14-20(26)23-21(27)22-18-11-7-4-8-12-18/h3-12,16,19,25H,13-15H2,1-2H3,(H2,22,23,26,27). The summed E-state index contributed by atoms with van der Waals surface area (Å²) in [5.41, 5.74) is 1.65. The minimum Gasteiger partial charge on any atom is -0.395 e. The Morgan fingerprint density at radius 3 is 2.15 bits per heavy atom. The quantitative estimate of drug-likeness (QED) is 0.668. The van der Waals surface area contributed by atoms with Crippen molar-refractivity contribution in [3.63, 3.8) is 0 Å². The van der Waals surface area contributed by atoms with Crippen molar-refractivity contribution in [1.82, 2.24) is 10.2 Å². The highest BCUT2D eigenvalue weighted by Crippen LogP contribution is 2.14. The molecule has 0 spiro atoms. The number of rotatable bonds is 8. The van der Waals surface area contributed by atoms with Crippen LogP contribution in [0.15, 0.2) is 60.7 Å². The first-order valence-corrected chi connectivity index (χ1v) is 9.04. The number of amides is 3. The number of para-hydroxylation sites is 1. The topological polar surface area (TPSA) is 81.7 Å². The van der Waals surface area contributed by atoms with Gasteiger partial charge in [-0.25, -0.2) is 4.79 Å². The third-order valence-electron chi connectivity index (χ3n) is 4.29. The van der Waals surface area contributed by atoms with E-state index in [-0.39, 0.29) is 25.1 Å². The average molecular weight is 369 g/mol. The van der Waals surface area contributed by atoms with Crippen molar-refractivity contribution in [2.24, 2.45) is 5.92 Å². The summed E-state index contributed by atoms with van der Waals surface area (Å²) in [7, 11) is 0. The number of carbonyl (C=O) groups excluding carboxylic acids is 2. The molecule has 2 rings (SSSR count). The van der Waals surface area contributed by atoms with Crippen molar-refractivity contribution in [1.29, 1.82) is 0 Å². The number of aliphatic hydroxyl groups is 1. The molecular formula is C21H27N3O3. The molecular weight excluding hydrogens is 342 g/mol. The van der Waals surface area contributed by atoms with Gasteiger partial charge in [0.15, 0.2) is 0 Å². The third-order valence-corrected chi connectivity index (χ3v) is 4.29. The van der Waals surface area contributed by atoms with E-state index < -0.39 is 11.9 Å². The smallest absolute Gasteiger partial charge is 0.325 e. The molecule has 0 bridgehead atoms. The van der Waals surface area contributed by atoms with E-state index in [9.17, 15) is 14.7 Å². The Hall–Kier alpha value is -2.70. The monoisotopic (exact) mass is 369 g/mol. The largest absolute Gasteiger partial charge is 0.395 e. The van der Waals surface area contributed by atoms with Crippen LogP contribution in [0.4, 0.5) is 10.5 Å². The van der Waals surface area contributed by atoms with Gasteiger partial charge in [-0.3, -0.25) is 15.0 Å². The van der Waals surface area contributed by atoms with Gasteiger partial charge in [0.2, 0.25) is 5.91 Å². The van der Waals surface area contributed by atoms with E-state index in [2.05, 4.69) is 10.6 Å². The maximum atomic E-state index is 12.4. The molecule has 6 heteroatoms. The third kappa shape index (κ3) is 6.84. The van der Waals surface area contributed by atoms with Crippen LogP contribution in [0, 0.1) is 5.92 Å². The molecule has 0 radical (unpaired) electrons. The molecule has 0 aliphatic heterocycles. The molecule has 0 aliphatic carbocycles. The first-order chi connectivity index (χ1) is 13.0. The maximum absolute atomic E-state index is 12.4. The predicted octanol–water partition coefficient (Wildman–Crippen LogP) is 2.85. The summed E-state index contributed by atoms with van der Waals surface area (Å²) in [6.45, 7) is 4.46. The van der Waals surface area contributed by atoms with E-state index >= 15 is 0 Å². The lowest BCUT2D eigenvalue weighted by atomic mass is 10.0.